The molecule has 1 aliphatic rings. The largest absolute Gasteiger partial charge is 0.381 e. The highest BCUT2D eigenvalue weighted by Gasteiger charge is 2.25. The SMILES string of the molecule is CCN[C@@H]1CCOC[C@@H]1Cc1ccccc1Cl. The molecule has 1 N–H and O–H groups in total. The van der Waals surface area contributed by atoms with Gasteiger partial charge >= 0.3 is 0 Å². The molecule has 1 fully saturated rings. The van der Waals surface area contributed by atoms with Gasteiger partial charge in [-0.25, -0.2) is 0 Å². The van der Waals surface area contributed by atoms with Gasteiger partial charge in [0.25, 0.3) is 0 Å². The van der Waals surface area contributed by atoms with Crippen LogP contribution in [0.1, 0.15) is 18.9 Å². The fourth-order valence-corrected chi connectivity index (χ4v) is 2.69. The van der Waals surface area contributed by atoms with Crippen LogP contribution in [0.2, 0.25) is 5.02 Å². The fraction of sp³-hybridized carbons (Fsp3) is 0.571. The molecule has 1 aromatic rings. The Kier molecular flexibility index (Phi) is 4.84. The average Bonchev–Trinajstić information content (AvgIpc) is 2.35. The second kappa shape index (κ2) is 6.39. The molecule has 1 aliphatic heterocycles. The number of rotatable bonds is 4. The average molecular weight is 254 g/mol. The van der Waals surface area contributed by atoms with Crippen molar-refractivity contribution in [3.05, 3.63) is 34.9 Å². The molecule has 0 bridgehead atoms. The first-order valence-electron chi connectivity index (χ1n) is 6.35. The van der Waals surface area contributed by atoms with E-state index in [1.165, 1.54) is 5.56 Å². The third-order valence-corrected chi connectivity index (χ3v) is 3.75. The zero-order valence-corrected chi connectivity index (χ0v) is 11.0. The minimum Gasteiger partial charge on any atom is -0.381 e. The summed E-state index contributed by atoms with van der Waals surface area (Å²) in [5, 5.41) is 4.42. The number of hydrogen-bond acceptors (Lipinski definition) is 2. The van der Waals surface area contributed by atoms with E-state index < -0.39 is 0 Å². The fourth-order valence-electron chi connectivity index (χ4n) is 2.48. The minimum absolute atomic E-state index is 0.531. The molecule has 94 valence electrons. The van der Waals surface area contributed by atoms with Gasteiger partial charge in [-0.2, -0.15) is 0 Å². The first-order valence-corrected chi connectivity index (χ1v) is 6.73. The molecule has 0 spiro atoms. The number of nitrogens with one attached hydrogen (secondary N) is 1. The molecular weight excluding hydrogens is 234 g/mol. The highest BCUT2D eigenvalue weighted by Crippen LogP contribution is 2.24. The van der Waals surface area contributed by atoms with Gasteiger partial charge in [0.1, 0.15) is 0 Å². The third kappa shape index (κ3) is 3.44. The molecule has 3 heteroatoms. The van der Waals surface area contributed by atoms with Crippen LogP contribution in [0.5, 0.6) is 0 Å². The highest BCUT2D eigenvalue weighted by molar-refractivity contribution is 6.31. The Bertz CT molecular complexity index is 354. The maximum Gasteiger partial charge on any atom is 0.0512 e. The van der Waals surface area contributed by atoms with Crippen molar-refractivity contribution >= 4 is 11.6 Å². The van der Waals surface area contributed by atoms with E-state index in [-0.39, 0.29) is 0 Å². The first kappa shape index (κ1) is 12.9. The zero-order valence-electron chi connectivity index (χ0n) is 10.3. The van der Waals surface area contributed by atoms with E-state index in [0.29, 0.717) is 12.0 Å². The van der Waals surface area contributed by atoms with E-state index >= 15 is 0 Å². The lowest BCUT2D eigenvalue weighted by atomic mass is 9.89. The quantitative estimate of drug-likeness (QED) is 0.891. The van der Waals surface area contributed by atoms with Crippen molar-refractivity contribution in [2.75, 3.05) is 19.8 Å². The predicted molar refractivity (Wildman–Crippen MR) is 71.5 cm³/mol. The van der Waals surface area contributed by atoms with Crippen molar-refractivity contribution in [3.63, 3.8) is 0 Å². The zero-order chi connectivity index (χ0) is 12.1. The van der Waals surface area contributed by atoms with Crippen LogP contribution in [0.15, 0.2) is 24.3 Å². The summed E-state index contributed by atoms with van der Waals surface area (Å²) in [5.41, 5.74) is 1.23. The summed E-state index contributed by atoms with van der Waals surface area (Å²) in [6.45, 7) is 4.88. The summed E-state index contributed by atoms with van der Waals surface area (Å²) in [6.07, 6.45) is 2.10. The molecule has 1 aromatic carbocycles. The van der Waals surface area contributed by atoms with Crippen LogP contribution >= 0.6 is 11.6 Å². The van der Waals surface area contributed by atoms with Crippen molar-refractivity contribution in [1.29, 1.82) is 0 Å². The molecule has 0 saturated carbocycles. The molecule has 2 atom stereocenters. The monoisotopic (exact) mass is 253 g/mol. The van der Waals surface area contributed by atoms with Crippen LogP contribution < -0.4 is 5.32 Å². The van der Waals surface area contributed by atoms with Crippen LogP contribution in [0.4, 0.5) is 0 Å². The first-order chi connectivity index (χ1) is 8.31. The van der Waals surface area contributed by atoms with Gasteiger partial charge in [-0.3, -0.25) is 0 Å². The maximum atomic E-state index is 6.21. The Balaban J connectivity index is 2.03. The predicted octanol–water partition coefficient (Wildman–Crippen LogP) is 2.90. The van der Waals surface area contributed by atoms with Crippen molar-refractivity contribution in [2.45, 2.75) is 25.8 Å². The Morgan fingerprint density at radius 2 is 2.24 bits per heavy atom. The van der Waals surface area contributed by atoms with Crippen LogP contribution in [-0.2, 0) is 11.2 Å². The molecule has 17 heavy (non-hydrogen) atoms. The number of ether oxygens (including phenoxy) is 1. The van der Waals surface area contributed by atoms with Gasteiger partial charge in [-0.05, 0) is 31.0 Å². The topological polar surface area (TPSA) is 21.3 Å². The van der Waals surface area contributed by atoms with Crippen LogP contribution in [-0.4, -0.2) is 25.8 Å². The van der Waals surface area contributed by atoms with Gasteiger partial charge in [0, 0.05) is 23.6 Å². The highest BCUT2D eigenvalue weighted by atomic mass is 35.5. The molecular formula is C14H20ClNO. The molecule has 0 aromatic heterocycles. The second-order valence-electron chi connectivity index (χ2n) is 4.58. The molecule has 1 saturated heterocycles. The Morgan fingerprint density at radius 3 is 3.00 bits per heavy atom. The molecule has 2 rings (SSSR count). The maximum absolute atomic E-state index is 6.21. The van der Waals surface area contributed by atoms with E-state index in [9.17, 15) is 0 Å². The van der Waals surface area contributed by atoms with Crippen molar-refractivity contribution in [2.24, 2.45) is 5.92 Å². The van der Waals surface area contributed by atoms with E-state index in [2.05, 4.69) is 18.3 Å². The lowest BCUT2D eigenvalue weighted by molar-refractivity contribution is 0.0327. The Labute approximate surface area is 108 Å². The number of halogens is 1. The van der Waals surface area contributed by atoms with E-state index in [0.717, 1.165) is 37.6 Å². The number of benzene rings is 1. The van der Waals surface area contributed by atoms with Gasteiger partial charge < -0.3 is 10.1 Å². The second-order valence-corrected chi connectivity index (χ2v) is 4.99. The van der Waals surface area contributed by atoms with Crippen molar-refractivity contribution in [3.8, 4) is 0 Å². The van der Waals surface area contributed by atoms with E-state index in [1.54, 1.807) is 0 Å². The van der Waals surface area contributed by atoms with Gasteiger partial charge in [0.05, 0.1) is 6.61 Å². The van der Waals surface area contributed by atoms with E-state index in [1.807, 2.05) is 18.2 Å². The summed E-state index contributed by atoms with van der Waals surface area (Å²) >= 11 is 6.21. The Hall–Kier alpha value is -0.570. The normalized spacial score (nSPS) is 24.8. The van der Waals surface area contributed by atoms with Gasteiger partial charge in [0.15, 0.2) is 0 Å². The molecule has 0 unspecified atom stereocenters. The van der Waals surface area contributed by atoms with Crippen LogP contribution in [0.25, 0.3) is 0 Å². The molecule has 2 nitrogen and oxygen atoms in total. The Morgan fingerprint density at radius 1 is 1.41 bits per heavy atom. The molecule has 0 amide bonds. The summed E-state index contributed by atoms with van der Waals surface area (Å²) < 4.78 is 5.59. The molecule has 0 aliphatic carbocycles. The van der Waals surface area contributed by atoms with Crippen molar-refractivity contribution < 1.29 is 4.74 Å². The number of hydrogen-bond donors (Lipinski definition) is 1. The van der Waals surface area contributed by atoms with Gasteiger partial charge in [-0.15, -0.1) is 0 Å². The summed E-state index contributed by atoms with van der Waals surface area (Å²) in [6, 6.07) is 8.66. The van der Waals surface area contributed by atoms with Crippen molar-refractivity contribution in [1.82, 2.24) is 5.32 Å². The van der Waals surface area contributed by atoms with Gasteiger partial charge in [0.2, 0.25) is 0 Å². The lowest BCUT2D eigenvalue weighted by Crippen LogP contribution is -2.43. The summed E-state index contributed by atoms with van der Waals surface area (Å²) in [4.78, 5) is 0. The lowest BCUT2D eigenvalue weighted by Gasteiger charge is -2.32. The molecule has 0 radical (unpaired) electrons. The van der Waals surface area contributed by atoms with E-state index in [4.69, 9.17) is 16.3 Å². The third-order valence-electron chi connectivity index (χ3n) is 3.38. The van der Waals surface area contributed by atoms with Gasteiger partial charge in [-0.1, -0.05) is 36.7 Å². The minimum atomic E-state index is 0.531. The van der Waals surface area contributed by atoms with Crippen LogP contribution in [0.3, 0.4) is 0 Å². The standard InChI is InChI=1S/C14H20ClNO/c1-2-16-14-7-8-17-10-12(14)9-11-5-3-4-6-13(11)15/h3-6,12,14,16H,2,7-10H2,1H3/t12-,14+/m0/s1. The smallest absolute Gasteiger partial charge is 0.0512 e. The summed E-state index contributed by atoms with van der Waals surface area (Å²) in [7, 11) is 0. The van der Waals surface area contributed by atoms with Crippen LogP contribution in [0, 0.1) is 5.92 Å². The summed E-state index contributed by atoms with van der Waals surface area (Å²) in [5.74, 6) is 0.531. The molecule has 1 heterocycles.